The van der Waals surface area contributed by atoms with Crippen LogP contribution in [0.3, 0.4) is 0 Å². The van der Waals surface area contributed by atoms with Crippen LogP contribution in [0, 0.1) is 0 Å². The third kappa shape index (κ3) is 3.28. The molecule has 1 aliphatic rings. The van der Waals surface area contributed by atoms with Crippen molar-refractivity contribution in [1.29, 1.82) is 0 Å². The molecule has 0 radical (unpaired) electrons. The predicted molar refractivity (Wildman–Crippen MR) is 61.2 cm³/mol. The largest absolute Gasteiger partial charge is 0.481 e. The lowest BCUT2D eigenvalue weighted by molar-refractivity contribution is -0.136. The molecule has 6 nitrogen and oxygen atoms in total. The Balaban J connectivity index is 2.12. The summed E-state index contributed by atoms with van der Waals surface area (Å²) in [6.45, 7) is 1.75. The van der Waals surface area contributed by atoms with Gasteiger partial charge in [0, 0.05) is 12.6 Å². The number of carboxylic acids is 1. The molecule has 92 valence electrons. The Hall–Kier alpha value is -1.40. The monoisotopic (exact) mass is 257 g/mol. The summed E-state index contributed by atoms with van der Waals surface area (Å²) in [5.41, 5.74) is 0.127. The van der Waals surface area contributed by atoms with Crippen molar-refractivity contribution in [1.82, 2.24) is 9.97 Å². The first-order valence-electron chi connectivity index (χ1n) is 5.18. The number of nitrogens with zero attached hydrogens (tertiary/aromatic N) is 3. The van der Waals surface area contributed by atoms with Crippen molar-refractivity contribution in [2.45, 2.75) is 12.0 Å². The van der Waals surface area contributed by atoms with Gasteiger partial charge in [0.1, 0.15) is 17.7 Å². The van der Waals surface area contributed by atoms with E-state index in [-0.39, 0.29) is 12.0 Å². The maximum atomic E-state index is 10.6. The molecule has 1 aromatic heterocycles. The van der Waals surface area contributed by atoms with Crippen molar-refractivity contribution < 1.29 is 14.6 Å². The first kappa shape index (κ1) is 12.1. The number of halogens is 1. The van der Waals surface area contributed by atoms with E-state index in [0.29, 0.717) is 31.2 Å². The summed E-state index contributed by atoms with van der Waals surface area (Å²) in [5, 5.41) is 8.70. The molecule has 7 heteroatoms. The lowest BCUT2D eigenvalue weighted by Crippen LogP contribution is -2.40. The summed E-state index contributed by atoms with van der Waals surface area (Å²) in [5.74, 6) is -0.225. The average Bonchev–Trinajstić information content (AvgIpc) is 2.28. The van der Waals surface area contributed by atoms with Crippen molar-refractivity contribution in [3.8, 4) is 0 Å². The highest BCUT2D eigenvalue weighted by Crippen LogP contribution is 2.17. The quantitative estimate of drug-likeness (QED) is 0.795. The lowest BCUT2D eigenvalue weighted by atomic mass is 10.3. The molecule has 2 heterocycles. The standard InChI is InChI=1S/C10H12ClN3O3/c11-8-5-14(1-2-17-8)9-3-7(4-10(15)16)12-6-13-9/h3,6,8H,1-2,4-5H2,(H,15,16). The van der Waals surface area contributed by atoms with E-state index in [1.165, 1.54) is 6.33 Å². The van der Waals surface area contributed by atoms with Gasteiger partial charge < -0.3 is 14.7 Å². The van der Waals surface area contributed by atoms with Crippen LogP contribution in [-0.2, 0) is 16.0 Å². The van der Waals surface area contributed by atoms with Gasteiger partial charge in [-0.3, -0.25) is 4.79 Å². The van der Waals surface area contributed by atoms with Gasteiger partial charge in [-0.15, -0.1) is 0 Å². The smallest absolute Gasteiger partial charge is 0.309 e. The van der Waals surface area contributed by atoms with E-state index < -0.39 is 5.97 Å². The van der Waals surface area contributed by atoms with E-state index >= 15 is 0 Å². The Labute approximate surface area is 103 Å². The molecule has 1 atom stereocenters. The number of hydrogen-bond donors (Lipinski definition) is 1. The third-order valence-corrected chi connectivity index (χ3v) is 2.65. The zero-order valence-electron chi connectivity index (χ0n) is 9.04. The number of carbonyl (C=O) groups is 1. The van der Waals surface area contributed by atoms with E-state index in [2.05, 4.69) is 9.97 Å². The van der Waals surface area contributed by atoms with Crippen LogP contribution in [0.4, 0.5) is 5.82 Å². The molecular weight excluding hydrogens is 246 g/mol. The van der Waals surface area contributed by atoms with Crippen LogP contribution >= 0.6 is 11.6 Å². The number of alkyl halides is 1. The fraction of sp³-hybridized carbons (Fsp3) is 0.500. The van der Waals surface area contributed by atoms with E-state index in [1.54, 1.807) is 6.07 Å². The topological polar surface area (TPSA) is 75.5 Å². The molecule has 0 aliphatic carbocycles. The maximum Gasteiger partial charge on any atom is 0.309 e. The SMILES string of the molecule is O=C(O)Cc1cc(N2CCOC(Cl)C2)ncn1. The van der Waals surface area contributed by atoms with Gasteiger partial charge in [-0.1, -0.05) is 11.6 Å². The Morgan fingerprint density at radius 2 is 2.47 bits per heavy atom. The van der Waals surface area contributed by atoms with Crippen LogP contribution in [-0.4, -0.2) is 46.3 Å². The van der Waals surface area contributed by atoms with Crippen LogP contribution in [0.1, 0.15) is 5.69 Å². The summed E-state index contributed by atoms with van der Waals surface area (Å²) < 4.78 is 5.21. The Morgan fingerprint density at radius 1 is 1.65 bits per heavy atom. The van der Waals surface area contributed by atoms with Gasteiger partial charge >= 0.3 is 5.97 Å². The number of rotatable bonds is 3. The maximum absolute atomic E-state index is 10.6. The third-order valence-electron chi connectivity index (χ3n) is 2.39. The lowest BCUT2D eigenvalue weighted by Gasteiger charge is -2.30. The van der Waals surface area contributed by atoms with Gasteiger partial charge in [-0.05, 0) is 0 Å². The molecule has 1 fully saturated rings. The fourth-order valence-corrected chi connectivity index (χ4v) is 1.88. The van der Waals surface area contributed by atoms with Crippen LogP contribution in [0.15, 0.2) is 12.4 Å². The highest BCUT2D eigenvalue weighted by Gasteiger charge is 2.19. The van der Waals surface area contributed by atoms with Crippen LogP contribution < -0.4 is 4.90 Å². The van der Waals surface area contributed by atoms with Gasteiger partial charge in [-0.25, -0.2) is 9.97 Å². The van der Waals surface area contributed by atoms with Crippen molar-refractivity contribution in [3.05, 3.63) is 18.1 Å². The summed E-state index contributed by atoms with van der Waals surface area (Å²) in [7, 11) is 0. The molecule has 2 rings (SSSR count). The summed E-state index contributed by atoms with van der Waals surface area (Å²) >= 11 is 5.88. The molecule has 1 aliphatic heterocycles. The molecule has 0 saturated carbocycles. The molecule has 1 aromatic rings. The normalized spacial score (nSPS) is 20.3. The fourth-order valence-electron chi connectivity index (χ4n) is 1.63. The summed E-state index contributed by atoms with van der Waals surface area (Å²) in [6, 6.07) is 1.67. The number of morpholine rings is 1. The molecule has 1 saturated heterocycles. The minimum atomic E-state index is -0.910. The first-order valence-corrected chi connectivity index (χ1v) is 5.62. The second kappa shape index (κ2) is 5.29. The van der Waals surface area contributed by atoms with Crippen LogP contribution in [0.25, 0.3) is 0 Å². The molecule has 0 bridgehead atoms. The number of aromatic nitrogens is 2. The zero-order chi connectivity index (χ0) is 12.3. The molecule has 17 heavy (non-hydrogen) atoms. The molecular formula is C10H12ClN3O3. The number of anilines is 1. The van der Waals surface area contributed by atoms with Crippen molar-refractivity contribution in [3.63, 3.8) is 0 Å². The highest BCUT2D eigenvalue weighted by atomic mass is 35.5. The summed E-state index contributed by atoms with van der Waals surface area (Å²) in [6.07, 6.45) is 1.26. The van der Waals surface area contributed by atoms with E-state index in [1.807, 2.05) is 4.90 Å². The molecule has 0 spiro atoms. The Bertz CT molecular complexity index is 416. The molecule has 0 amide bonds. The molecule has 1 N–H and O–H groups in total. The highest BCUT2D eigenvalue weighted by molar-refractivity contribution is 6.20. The Kier molecular flexibility index (Phi) is 3.75. The summed E-state index contributed by atoms with van der Waals surface area (Å²) in [4.78, 5) is 20.6. The zero-order valence-corrected chi connectivity index (χ0v) is 9.80. The van der Waals surface area contributed by atoms with E-state index in [9.17, 15) is 4.79 Å². The molecule has 0 aromatic carbocycles. The first-order chi connectivity index (χ1) is 8.15. The van der Waals surface area contributed by atoms with Gasteiger partial charge in [0.15, 0.2) is 0 Å². The van der Waals surface area contributed by atoms with Gasteiger partial charge in [0.05, 0.1) is 25.3 Å². The van der Waals surface area contributed by atoms with Gasteiger partial charge in [-0.2, -0.15) is 0 Å². The number of carboxylic acid groups (broad SMARTS) is 1. The van der Waals surface area contributed by atoms with Crippen molar-refractivity contribution in [2.75, 3.05) is 24.6 Å². The second-order valence-electron chi connectivity index (χ2n) is 3.66. The van der Waals surface area contributed by atoms with Crippen molar-refractivity contribution >= 4 is 23.4 Å². The van der Waals surface area contributed by atoms with Gasteiger partial charge in [0.25, 0.3) is 0 Å². The number of ether oxygens (including phenoxy) is 1. The van der Waals surface area contributed by atoms with Crippen molar-refractivity contribution in [2.24, 2.45) is 0 Å². The predicted octanol–water partition coefficient (Wildman–Crippen LogP) is 0.505. The average molecular weight is 258 g/mol. The van der Waals surface area contributed by atoms with E-state index in [4.69, 9.17) is 21.4 Å². The second-order valence-corrected chi connectivity index (χ2v) is 4.15. The minimum absolute atomic E-state index is 0.107. The minimum Gasteiger partial charge on any atom is -0.481 e. The van der Waals surface area contributed by atoms with Crippen LogP contribution in [0.2, 0.25) is 0 Å². The van der Waals surface area contributed by atoms with Crippen LogP contribution in [0.5, 0.6) is 0 Å². The Morgan fingerprint density at radius 3 is 3.18 bits per heavy atom. The van der Waals surface area contributed by atoms with Gasteiger partial charge in [0.2, 0.25) is 0 Å². The molecule has 1 unspecified atom stereocenters. The number of hydrogen-bond acceptors (Lipinski definition) is 5. The van der Waals surface area contributed by atoms with E-state index in [0.717, 1.165) is 0 Å². The number of aliphatic carboxylic acids is 1.